The van der Waals surface area contributed by atoms with Crippen molar-refractivity contribution in [2.75, 3.05) is 10.6 Å². The molecule has 1 heterocycles. The van der Waals surface area contributed by atoms with Crippen molar-refractivity contribution in [3.8, 4) is 11.3 Å². The molecule has 2 N–H and O–H groups in total. The highest BCUT2D eigenvalue weighted by Crippen LogP contribution is 2.24. The first-order valence-corrected chi connectivity index (χ1v) is 9.35. The molecule has 0 atom stereocenters. The van der Waals surface area contributed by atoms with Crippen LogP contribution in [0.3, 0.4) is 0 Å². The molecule has 3 aromatic carbocycles. The average molecular weight is 435 g/mol. The Morgan fingerprint density at radius 1 is 0.821 bits per heavy atom. The molecule has 0 aliphatic carbocycles. The van der Waals surface area contributed by atoms with Crippen molar-refractivity contribution >= 4 is 44.3 Å². The molecule has 6 heteroatoms. The summed E-state index contributed by atoms with van der Waals surface area (Å²) in [4.78, 5) is 24.6. The summed E-state index contributed by atoms with van der Waals surface area (Å²) in [6.07, 6.45) is 0. The van der Waals surface area contributed by atoms with E-state index < -0.39 is 0 Å². The lowest BCUT2D eigenvalue weighted by Crippen LogP contribution is -2.19. The average Bonchev–Trinajstić information content (AvgIpc) is 2.70. The quantitative estimate of drug-likeness (QED) is 0.423. The molecule has 4 rings (SSSR count). The molecule has 0 radical (unpaired) electrons. The van der Waals surface area contributed by atoms with Crippen molar-refractivity contribution in [2.24, 2.45) is 0 Å². The maximum Gasteiger partial charge on any atom is 0.323 e. The zero-order valence-electron chi connectivity index (χ0n) is 14.6. The number of urea groups is 1. The van der Waals surface area contributed by atoms with Gasteiger partial charge in [-0.2, -0.15) is 0 Å². The number of para-hydroxylation sites is 1. The normalized spacial score (nSPS) is 10.6. The number of amides is 2. The van der Waals surface area contributed by atoms with Crippen LogP contribution in [0.25, 0.3) is 22.3 Å². The molecule has 0 saturated heterocycles. The third-order valence-corrected chi connectivity index (χ3v) is 4.67. The van der Waals surface area contributed by atoms with Crippen molar-refractivity contribution in [1.82, 2.24) is 0 Å². The number of fused-ring (bicyclic) bond motifs is 1. The van der Waals surface area contributed by atoms with E-state index >= 15 is 0 Å². The first-order valence-electron chi connectivity index (χ1n) is 8.55. The highest BCUT2D eigenvalue weighted by atomic mass is 79.9. The van der Waals surface area contributed by atoms with Gasteiger partial charge in [0.1, 0.15) is 11.3 Å². The van der Waals surface area contributed by atoms with Gasteiger partial charge in [0.05, 0.1) is 5.39 Å². The van der Waals surface area contributed by atoms with Gasteiger partial charge in [-0.3, -0.25) is 4.79 Å². The lowest BCUT2D eigenvalue weighted by atomic mass is 10.1. The zero-order chi connectivity index (χ0) is 19.5. The van der Waals surface area contributed by atoms with E-state index in [2.05, 4.69) is 26.6 Å². The molecule has 5 nitrogen and oxygen atoms in total. The topological polar surface area (TPSA) is 71.3 Å². The van der Waals surface area contributed by atoms with Crippen LogP contribution in [0.5, 0.6) is 0 Å². The maximum absolute atomic E-state index is 12.3. The Labute approximate surface area is 169 Å². The molecule has 1 aromatic heterocycles. The molecule has 138 valence electrons. The van der Waals surface area contributed by atoms with Crippen molar-refractivity contribution in [3.63, 3.8) is 0 Å². The molecule has 0 saturated carbocycles. The number of anilines is 2. The van der Waals surface area contributed by atoms with Crippen LogP contribution < -0.4 is 16.1 Å². The second kappa shape index (κ2) is 7.70. The minimum atomic E-state index is -0.362. The van der Waals surface area contributed by atoms with Gasteiger partial charge in [0.2, 0.25) is 0 Å². The molecule has 28 heavy (non-hydrogen) atoms. The lowest BCUT2D eigenvalue weighted by molar-refractivity contribution is 0.262. The van der Waals surface area contributed by atoms with Crippen molar-refractivity contribution < 1.29 is 9.21 Å². The molecule has 0 spiro atoms. The van der Waals surface area contributed by atoms with Crippen molar-refractivity contribution in [3.05, 3.63) is 93.6 Å². The second-order valence-electron chi connectivity index (χ2n) is 6.14. The van der Waals surface area contributed by atoms with E-state index in [0.717, 1.165) is 4.47 Å². The molecule has 0 fully saturated rings. The molecule has 2 amide bonds. The van der Waals surface area contributed by atoms with Gasteiger partial charge in [-0.15, -0.1) is 0 Å². The van der Waals surface area contributed by atoms with Crippen LogP contribution in [-0.4, -0.2) is 6.03 Å². The van der Waals surface area contributed by atoms with E-state index in [0.29, 0.717) is 33.7 Å². The lowest BCUT2D eigenvalue weighted by Gasteiger charge is -2.09. The number of rotatable bonds is 3. The van der Waals surface area contributed by atoms with Gasteiger partial charge in [-0.1, -0.05) is 40.2 Å². The van der Waals surface area contributed by atoms with Crippen LogP contribution in [0.15, 0.2) is 92.5 Å². The Kier molecular flexibility index (Phi) is 4.95. The van der Waals surface area contributed by atoms with Gasteiger partial charge < -0.3 is 15.1 Å². The summed E-state index contributed by atoms with van der Waals surface area (Å²) in [7, 11) is 0. The van der Waals surface area contributed by atoms with Crippen LogP contribution in [0.4, 0.5) is 16.2 Å². The van der Waals surface area contributed by atoms with Gasteiger partial charge in [-0.05, 0) is 48.5 Å². The van der Waals surface area contributed by atoms with E-state index in [9.17, 15) is 9.59 Å². The summed E-state index contributed by atoms with van der Waals surface area (Å²) in [6.45, 7) is 0. The highest BCUT2D eigenvalue weighted by molar-refractivity contribution is 9.10. The molecule has 0 aliphatic heterocycles. The zero-order valence-corrected chi connectivity index (χ0v) is 16.2. The first-order chi connectivity index (χ1) is 13.6. The van der Waals surface area contributed by atoms with Crippen LogP contribution in [-0.2, 0) is 0 Å². The summed E-state index contributed by atoms with van der Waals surface area (Å²) >= 11 is 3.36. The fourth-order valence-electron chi connectivity index (χ4n) is 2.82. The van der Waals surface area contributed by atoms with Crippen LogP contribution in [0.2, 0.25) is 0 Å². The number of carbonyl (C=O) groups is 1. The minimum Gasteiger partial charge on any atom is -0.456 e. The Bertz CT molecular complexity index is 1220. The third-order valence-electron chi connectivity index (χ3n) is 4.14. The van der Waals surface area contributed by atoms with Crippen LogP contribution in [0.1, 0.15) is 0 Å². The molecule has 0 bridgehead atoms. The Morgan fingerprint density at radius 2 is 1.57 bits per heavy atom. The number of carbonyl (C=O) groups excluding carboxylic acids is 1. The molecule has 0 unspecified atom stereocenters. The second-order valence-corrected chi connectivity index (χ2v) is 7.05. The van der Waals surface area contributed by atoms with Gasteiger partial charge in [-0.25, -0.2) is 4.79 Å². The summed E-state index contributed by atoms with van der Waals surface area (Å²) in [5.41, 5.74) is 2.38. The first kappa shape index (κ1) is 18.0. The monoisotopic (exact) mass is 434 g/mol. The number of halogens is 1. The van der Waals surface area contributed by atoms with E-state index in [1.165, 1.54) is 6.07 Å². The number of hydrogen-bond donors (Lipinski definition) is 2. The SMILES string of the molecule is O=C(Nc1ccc(Br)cc1)Nc1cccc(-c2cc(=O)c3ccccc3o2)c1. The van der Waals surface area contributed by atoms with E-state index in [4.69, 9.17) is 4.42 Å². The summed E-state index contributed by atoms with van der Waals surface area (Å²) in [5.74, 6) is 0.445. The number of benzene rings is 3. The van der Waals surface area contributed by atoms with Gasteiger partial charge in [0.25, 0.3) is 0 Å². The summed E-state index contributed by atoms with van der Waals surface area (Å²) < 4.78 is 6.80. The van der Waals surface area contributed by atoms with Gasteiger partial charge in [0.15, 0.2) is 5.43 Å². The standard InChI is InChI=1S/C22H15BrN2O3/c23-15-8-10-16(11-9-15)24-22(27)25-17-5-3-4-14(12-17)21-13-19(26)18-6-1-2-7-20(18)28-21/h1-13H,(H2,24,25,27). The smallest absolute Gasteiger partial charge is 0.323 e. The van der Waals surface area contributed by atoms with E-state index in [1.54, 1.807) is 48.5 Å². The highest BCUT2D eigenvalue weighted by Gasteiger charge is 2.08. The fraction of sp³-hybridized carbons (Fsp3) is 0. The number of hydrogen-bond acceptors (Lipinski definition) is 3. The largest absolute Gasteiger partial charge is 0.456 e. The summed E-state index contributed by atoms with van der Waals surface area (Å²) in [6, 6.07) is 22.6. The van der Waals surface area contributed by atoms with Crippen molar-refractivity contribution in [2.45, 2.75) is 0 Å². The molecular formula is C22H15BrN2O3. The predicted octanol–water partition coefficient (Wildman–Crippen LogP) is 5.87. The van der Waals surface area contributed by atoms with Crippen LogP contribution >= 0.6 is 15.9 Å². The molecule has 4 aromatic rings. The summed E-state index contributed by atoms with van der Waals surface area (Å²) in [5, 5.41) is 6.09. The molecule has 0 aliphatic rings. The third kappa shape index (κ3) is 3.97. The Morgan fingerprint density at radius 3 is 2.39 bits per heavy atom. The molecular weight excluding hydrogens is 420 g/mol. The Hall–Kier alpha value is -3.38. The van der Waals surface area contributed by atoms with Gasteiger partial charge >= 0.3 is 6.03 Å². The number of nitrogens with one attached hydrogen (secondary N) is 2. The van der Waals surface area contributed by atoms with E-state index in [-0.39, 0.29) is 11.5 Å². The van der Waals surface area contributed by atoms with Crippen molar-refractivity contribution in [1.29, 1.82) is 0 Å². The van der Waals surface area contributed by atoms with E-state index in [1.807, 2.05) is 24.3 Å². The Balaban J connectivity index is 1.57. The van der Waals surface area contributed by atoms with Gasteiger partial charge in [0, 0.05) is 27.5 Å². The van der Waals surface area contributed by atoms with Crippen LogP contribution in [0, 0.1) is 0 Å². The maximum atomic E-state index is 12.3. The minimum absolute atomic E-state index is 0.108. The fourth-order valence-corrected chi connectivity index (χ4v) is 3.09. The predicted molar refractivity (Wildman–Crippen MR) is 115 cm³/mol.